The summed E-state index contributed by atoms with van der Waals surface area (Å²) in [5, 5.41) is 0. The van der Waals surface area contributed by atoms with Crippen LogP contribution in [0.15, 0.2) is 36.4 Å². The van der Waals surface area contributed by atoms with E-state index in [1.807, 2.05) is 31.2 Å². The Kier molecular flexibility index (Phi) is 1.93. The number of carbonyl (C=O) groups is 2. The Morgan fingerprint density at radius 3 is 1.95 bits per heavy atom. The Balaban J connectivity index is 1.57. The van der Waals surface area contributed by atoms with Crippen molar-refractivity contribution in [1.82, 2.24) is 0 Å². The van der Waals surface area contributed by atoms with Crippen LogP contribution in [0.1, 0.15) is 18.4 Å². The quantitative estimate of drug-likeness (QED) is 0.585. The standard InChI is InChI=1S/C18H17NO2/c1-10-2-4-11(5-3-10)19-16(20)14-12-6-7-13(15(14)17(19)21)18(12)8-9-18/h2-7,12-15H,8-9H2,1H3/t12-,13+,14-,15+. The fourth-order valence-corrected chi connectivity index (χ4v) is 5.03. The predicted molar refractivity (Wildman–Crippen MR) is 78.4 cm³/mol. The smallest absolute Gasteiger partial charge is 0.238 e. The number of benzene rings is 1. The third-order valence-corrected chi connectivity index (χ3v) is 6.14. The normalized spacial score (nSPS) is 37.7. The van der Waals surface area contributed by atoms with Crippen molar-refractivity contribution >= 4 is 17.5 Å². The Morgan fingerprint density at radius 1 is 0.952 bits per heavy atom. The van der Waals surface area contributed by atoms with Crippen molar-refractivity contribution in [3.8, 4) is 0 Å². The lowest BCUT2D eigenvalue weighted by Gasteiger charge is -2.21. The zero-order valence-electron chi connectivity index (χ0n) is 12.0. The van der Waals surface area contributed by atoms with Crippen molar-refractivity contribution in [2.24, 2.45) is 29.1 Å². The number of hydrogen-bond donors (Lipinski definition) is 0. The molecule has 1 aliphatic heterocycles. The highest BCUT2D eigenvalue weighted by molar-refractivity contribution is 6.23. The van der Waals surface area contributed by atoms with E-state index in [0.717, 1.165) is 11.3 Å². The maximum atomic E-state index is 12.9. The second kappa shape index (κ2) is 3.46. The maximum Gasteiger partial charge on any atom is 0.238 e. The summed E-state index contributed by atoms with van der Waals surface area (Å²) in [6.45, 7) is 2.01. The van der Waals surface area contributed by atoms with E-state index < -0.39 is 0 Å². The number of carbonyl (C=O) groups excluding carboxylic acids is 2. The first-order valence-electron chi connectivity index (χ1n) is 7.76. The number of imide groups is 1. The van der Waals surface area contributed by atoms with E-state index in [9.17, 15) is 9.59 Å². The van der Waals surface area contributed by atoms with Gasteiger partial charge in [-0.3, -0.25) is 14.5 Å². The largest absolute Gasteiger partial charge is 0.274 e. The van der Waals surface area contributed by atoms with Crippen LogP contribution in [-0.4, -0.2) is 11.8 Å². The van der Waals surface area contributed by atoms with Crippen molar-refractivity contribution < 1.29 is 9.59 Å². The zero-order valence-corrected chi connectivity index (χ0v) is 12.0. The first kappa shape index (κ1) is 11.7. The molecule has 3 fully saturated rings. The molecule has 4 atom stereocenters. The average Bonchev–Trinajstić information content (AvgIpc) is 3.07. The molecule has 1 aromatic carbocycles. The molecule has 3 heteroatoms. The maximum absolute atomic E-state index is 12.9. The first-order chi connectivity index (χ1) is 10.1. The number of nitrogens with zero attached hydrogens (tertiary/aromatic N) is 1. The van der Waals surface area contributed by atoms with Crippen LogP contribution >= 0.6 is 0 Å². The summed E-state index contributed by atoms with van der Waals surface area (Å²) in [5.41, 5.74) is 2.14. The number of hydrogen-bond acceptors (Lipinski definition) is 2. The molecular formula is C18H17NO2. The molecule has 1 heterocycles. The van der Waals surface area contributed by atoms with E-state index in [4.69, 9.17) is 0 Å². The lowest BCUT2D eigenvalue weighted by molar-refractivity contribution is -0.123. The summed E-state index contributed by atoms with van der Waals surface area (Å²) >= 11 is 0. The van der Waals surface area contributed by atoms with Gasteiger partial charge < -0.3 is 0 Å². The van der Waals surface area contributed by atoms with Gasteiger partial charge in [0.05, 0.1) is 17.5 Å². The minimum atomic E-state index is -0.101. The Labute approximate surface area is 123 Å². The molecule has 0 N–H and O–H groups in total. The number of aryl methyl sites for hydroxylation is 1. The number of fused-ring (bicyclic) bond motifs is 3. The molecule has 0 unspecified atom stereocenters. The van der Waals surface area contributed by atoms with Crippen molar-refractivity contribution in [3.05, 3.63) is 42.0 Å². The molecule has 21 heavy (non-hydrogen) atoms. The van der Waals surface area contributed by atoms with Gasteiger partial charge in [0.1, 0.15) is 0 Å². The van der Waals surface area contributed by atoms with Crippen LogP contribution in [0.4, 0.5) is 5.69 Å². The van der Waals surface area contributed by atoms with E-state index in [1.165, 1.54) is 17.7 Å². The average molecular weight is 279 g/mol. The molecule has 3 nitrogen and oxygen atoms in total. The Morgan fingerprint density at radius 2 is 1.48 bits per heavy atom. The molecule has 4 aliphatic rings. The third kappa shape index (κ3) is 1.22. The second-order valence-corrected chi connectivity index (χ2v) is 7.07. The number of anilines is 1. The molecule has 0 radical (unpaired) electrons. The number of rotatable bonds is 1. The molecule has 106 valence electrons. The van der Waals surface area contributed by atoms with Crippen molar-refractivity contribution in [3.63, 3.8) is 0 Å². The molecule has 5 rings (SSSR count). The van der Waals surface area contributed by atoms with Crippen LogP contribution in [0, 0.1) is 36.0 Å². The van der Waals surface area contributed by atoms with Gasteiger partial charge in [0.15, 0.2) is 0 Å². The molecule has 1 spiro atoms. The van der Waals surface area contributed by atoms with Gasteiger partial charge in [-0.15, -0.1) is 0 Å². The summed E-state index contributed by atoms with van der Waals surface area (Å²) < 4.78 is 0. The molecule has 3 aliphatic carbocycles. The van der Waals surface area contributed by atoms with Crippen LogP contribution < -0.4 is 4.90 Å². The van der Waals surface area contributed by atoms with Gasteiger partial charge >= 0.3 is 0 Å². The van der Waals surface area contributed by atoms with Gasteiger partial charge in [-0.2, -0.15) is 0 Å². The van der Waals surface area contributed by atoms with E-state index >= 15 is 0 Å². The van der Waals surface area contributed by atoms with Crippen molar-refractivity contribution in [2.75, 3.05) is 4.90 Å². The van der Waals surface area contributed by atoms with Gasteiger partial charge in [0, 0.05) is 0 Å². The molecule has 2 saturated carbocycles. The summed E-state index contributed by atoms with van der Waals surface area (Å²) in [4.78, 5) is 27.2. The highest BCUT2D eigenvalue weighted by atomic mass is 16.2. The van der Waals surface area contributed by atoms with Crippen LogP contribution in [0.25, 0.3) is 0 Å². The molecule has 1 aromatic rings. The van der Waals surface area contributed by atoms with Gasteiger partial charge in [0.25, 0.3) is 0 Å². The molecule has 0 aromatic heterocycles. The monoisotopic (exact) mass is 279 g/mol. The lowest BCUT2D eigenvalue weighted by Crippen LogP contribution is -2.34. The van der Waals surface area contributed by atoms with Crippen LogP contribution in [-0.2, 0) is 9.59 Å². The van der Waals surface area contributed by atoms with E-state index in [2.05, 4.69) is 12.2 Å². The van der Waals surface area contributed by atoms with Crippen molar-refractivity contribution in [2.45, 2.75) is 19.8 Å². The van der Waals surface area contributed by atoms with E-state index in [1.54, 1.807) is 0 Å². The topological polar surface area (TPSA) is 37.4 Å². The summed E-state index contributed by atoms with van der Waals surface area (Å²) in [6, 6.07) is 7.68. The van der Waals surface area contributed by atoms with Crippen LogP contribution in [0.3, 0.4) is 0 Å². The van der Waals surface area contributed by atoms with E-state index in [0.29, 0.717) is 11.8 Å². The Bertz CT molecular complexity index is 664. The molecule has 2 bridgehead atoms. The van der Waals surface area contributed by atoms with E-state index in [-0.39, 0.29) is 29.1 Å². The highest BCUT2D eigenvalue weighted by Gasteiger charge is 2.73. The highest BCUT2D eigenvalue weighted by Crippen LogP contribution is 2.73. The first-order valence-corrected chi connectivity index (χ1v) is 7.76. The third-order valence-electron chi connectivity index (χ3n) is 6.14. The van der Waals surface area contributed by atoms with Gasteiger partial charge in [-0.25, -0.2) is 0 Å². The minimum absolute atomic E-state index is 0.0250. The fourth-order valence-electron chi connectivity index (χ4n) is 5.03. The summed E-state index contributed by atoms with van der Waals surface area (Å²) in [5.74, 6) is 0.459. The SMILES string of the molecule is Cc1ccc(N2C(=O)[C@@H]3[C@H](C2=O)[C@H]2C=C[C@@H]3C23CC3)cc1. The number of allylic oxidation sites excluding steroid dienone is 2. The molecule has 1 saturated heterocycles. The Hall–Kier alpha value is -1.90. The molecular weight excluding hydrogens is 262 g/mol. The lowest BCUT2D eigenvalue weighted by atomic mass is 9.85. The van der Waals surface area contributed by atoms with Crippen LogP contribution in [0.2, 0.25) is 0 Å². The summed E-state index contributed by atoms with van der Waals surface area (Å²) in [7, 11) is 0. The predicted octanol–water partition coefficient (Wildman–Crippen LogP) is 2.70. The van der Waals surface area contributed by atoms with Gasteiger partial charge in [-0.05, 0) is 49.1 Å². The zero-order chi connectivity index (χ0) is 14.4. The summed E-state index contributed by atoms with van der Waals surface area (Å²) in [6.07, 6.45) is 6.80. The second-order valence-electron chi connectivity index (χ2n) is 7.07. The van der Waals surface area contributed by atoms with Crippen LogP contribution in [0.5, 0.6) is 0 Å². The van der Waals surface area contributed by atoms with Gasteiger partial charge in [-0.1, -0.05) is 29.8 Å². The number of amides is 2. The minimum Gasteiger partial charge on any atom is -0.274 e. The molecule has 2 amide bonds. The van der Waals surface area contributed by atoms with Crippen molar-refractivity contribution in [1.29, 1.82) is 0 Å². The van der Waals surface area contributed by atoms with Gasteiger partial charge in [0.2, 0.25) is 11.8 Å². The fraction of sp³-hybridized carbons (Fsp3) is 0.444.